The van der Waals surface area contributed by atoms with Gasteiger partial charge in [-0.3, -0.25) is 0 Å². The van der Waals surface area contributed by atoms with E-state index in [1.807, 2.05) is 12.3 Å². The SMILES string of the molecule is COCCn1cc(Nc2nc(NCC3CC3)c3cc[nH]c3n2)nn1. The zero-order valence-electron chi connectivity index (χ0n) is 13.5. The largest absolute Gasteiger partial charge is 0.383 e. The van der Waals surface area contributed by atoms with Crippen LogP contribution in [0.3, 0.4) is 0 Å². The molecular formula is C15H20N8O. The minimum absolute atomic E-state index is 0.488. The van der Waals surface area contributed by atoms with Gasteiger partial charge in [0.05, 0.1) is 24.7 Å². The molecule has 0 spiro atoms. The maximum Gasteiger partial charge on any atom is 0.232 e. The second-order valence-corrected chi connectivity index (χ2v) is 5.94. The van der Waals surface area contributed by atoms with Crippen LogP contribution in [0.5, 0.6) is 0 Å². The summed E-state index contributed by atoms with van der Waals surface area (Å²) in [6.07, 6.45) is 6.26. The number of nitrogens with one attached hydrogen (secondary N) is 3. The fourth-order valence-corrected chi connectivity index (χ4v) is 2.46. The van der Waals surface area contributed by atoms with Crippen molar-refractivity contribution >= 4 is 28.6 Å². The summed E-state index contributed by atoms with van der Waals surface area (Å²) < 4.78 is 6.75. The van der Waals surface area contributed by atoms with Crippen LogP contribution >= 0.6 is 0 Å². The van der Waals surface area contributed by atoms with E-state index in [2.05, 4.69) is 35.9 Å². The molecule has 3 aromatic rings. The minimum atomic E-state index is 0.488. The van der Waals surface area contributed by atoms with Crippen molar-refractivity contribution in [3.63, 3.8) is 0 Å². The first kappa shape index (κ1) is 14.9. The first-order valence-corrected chi connectivity index (χ1v) is 8.07. The Morgan fingerprint density at radius 3 is 3.12 bits per heavy atom. The molecule has 0 aromatic carbocycles. The van der Waals surface area contributed by atoms with Crippen molar-refractivity contribution in [3.8, 4) is 0 Å². The molecule has 1 saturated carbocycles. The van der Waals surface area contributed by atoms with Crippen LogP contribution in [0.1, 0.15) is 12.8 Å². The highest BCUT2D eigenvalue weighted by atomic mass is 16.5. The van der Waals surface area contributed by atoms with Crippen LogP contribution in [0.25, 0.3) is 11.0 Å². The maximum absolute atomic E-state index is 5.03. The molecule has 1 fully saturated rings. The third kappa shape index (κ3) is 3.30. The predicted octanol–water partition coefficient (Wildman–Crippen LogP) is 1.76. The van der Waals surface area contributed by atoms with Crippen molar-refractivity contribution in [2.75, 3.05) is 30.9 Å². The highest BCUT2D eigenvalue weighted by molar-refractivity contribution is 5.88. The third-order valence-corrected chi connectivity index (χ3v) is 3.97. The summed E-state index contributed by atoms with van der Waals surface area (Å²) in [5.74, 6) is 2.70. The van der Waals surface area contributed by atoms with Gasteiger partial charge in [0.15, 0.2) is 5.82 Å². The molecule has 0 amide bonds. The van der Waals surface area contributed by atoms with Gasteiger partial charge in [0, 0.05) is 19.9 Å². The number of hydrogen-bond donors (Lipinski definition) is 3. The fraction of sp³-hybridized carbons (Fsp3) is 0.467. The zero-order chi connectivity index (χ0) is 16.4. The summed E-state index contributed by atoms with van der Waals surface area (Å²) in [5, 5.41) is 15.6. The monoisotopic (exact) mass is 328 g/mol. The molecule has 0 saturated heterocycles. The number of H-pyrrole nitrogens is 1. The fourth-order valence-electron chi connectivity index (χ4n) is 2.46. The normalized spacial score (nSPS) is 14.2. The standard InChI is InChI=1S/C15H20N8O/c1-24-7-6-23-9-12(21-22-23)18-15-19-13-11(4-5-16-13)14(20-15)17-8-10-2-3-10/h4-5,9-10H,2-3,6-8H2,1H3,(H3,16,17,18,19,20). The highest BCUT2D eigenvalue weighted by Gasteiger charge is 2.21. The van der Waals surface area contributed by atoms with E-state index in [-0.39, 0.29) is 0 Å². The minimum Gasteiger partial charge on any atom is -0.383 e. The van der Waals surface area contributed by atoms with E-state index in [1.54, 1.807) is 18.0 Å². The number of fused-ring (bicyclic) bond motifs is 1. The molecule has 3 N–H and O–H groups in total. The van der Waals surface area contributed by atoms with Gasteiger partial charge < -0.3 is 20.4 Å². The first-order valence-electron chi connectivity index (χ1n) is 8.07. The molecule has 24 heavy (non-hydrogen) atoms. The predicted molar refractivity (Wildman–Crippen MR) is 90.3 cm³/mol. The van der Waals surface area contributed by atoms with Gasteiger partial charge in [-0.25, -0.2) is 4.68 Å². The van der Waals surface area contributed by atoms with E-state index in [0.29, 0.717) is 24.9 Å². The number of hydrogen-bond acceptors (Lipinski definition) is 7. The lowest BCUT2D eigenvalue weighted by Crippen LogP contribution is -2.07. The van der Waals surface area contributed by atoms with Crippen LogP contribution in [0.2, 0.25) is 0 Å². The lowest BCUT2D eigenvalue weighted by Gasteiger charge is -2.08. The Morgan fingerprint density at radius 2 is 2.29 bits per heavy atom. The molecule has 9 heteroatoms. The number of aromatic amines is 1. The highest BCUT2D eigenvalue weighted by Crippen LogP contribution is 2.30. The molecule has 0 radical (unpaired) electrons. The van der Waals surface area contributed by atoms with Gasteiger partial charge in [-0.15, -0.1) is 5.10 Å². The van der Waals surface area contributed by atoms with Crippen LogP contribution in [-0.4, -0.2) is 50.2 Å². The van der Waals surface area contributed by atoms with Crippen molar-refractivity contribution in [1.82, 2.24) is 29.9 Å². The molecular weight excluding hydrogens is 308 g/mol. The topological polar surface area (TPSA) is 106 Å². The Kier molecular flexibility index (Phi) is 3.99. The van der Waals surface area contributed by atoms with Crippen LogP contribution in [-0.2, 0) is 11.3 Å². The van der Waals surface area contributed by atoms with Gasteiger partial charge in [-0.05, 0) is 24.8 Å². The average Bonchev–Trinajstić information content (AvgIpc) is 3.11. The molecule has 3 aromatic heterocycles. The molecule has 0 aliphatic heterocycles. The summed E-state index contributed by atoms with van der Waals surface area (Å²) in [4.78, 5) is 12.2. The zero-order valence-corrected chi connectivity index (χ0v) is 13.5. The van der Waals surface area contributed by atoms with Crippen molar-refractivity contribution in [1.29, 1.82) is 0 Å². The number of aromatic nitrogens is 6. The Morgan fingerprint density at radius 1 is 1.38 bits per heavy atom. The average molecular weight is 328 g/mol. The Hall–Kier alpha value is -2.68. The summed E-state index contributed by atoms with van der Waals surface area (Å²) >= 11 is 0. The van der Waals surface area contributed by atoms with Crippen molar-refractivity contribution in [2.45, 2.75) is 19.4 Å². The van der Waals surface area contributed by atoms with Crippen molar-refractivity contribution < 1.29 is 4.74 Å². The Labute approximate surface area is 138 Å². The van der Waals surface area contributed by atoms with Crippen molar-refractivity contribution in [3.05, 3.63) is 18.5 Å². The van der Waals surface area contributed by atoms with Crippen molar-refractivity contribution in [2.24, 2.45) is 5.92 Å². The van der Waals surface area contributed by atoms with E-state index in [1.165, 1.54) is 12.8 Å². The first-order chi connectivity index (χ1) is 11.8. The number of ether oxygens (including phenoxy) is 1. The molecule has 126 valence electrons. The summed E-state index contributed by atoms with van der Waals surface area (Å²) in [6, 6.07) is 1.98. The maximum atomic E-state index is 5.03. The number of nitrogens with zero attached hydrogens (tertiary/aromatic N) is 5. The molecule has 4 rings (SSSR count). The number of anilines is 3. The summed E-state index contributed by atoms with van der Waals surface area (Å²) in [5.41, 5.74) is 0.789. The molecule has 0 bridgehead atoms. The Bertz CT molecular complexity index is 822. The van der Waals surface area contributed by atoms with E-state index in [0.717, 1.165) is 29.3 Å². The van der Waals surface area contributed by atoms with Crippen LogP contribution < -0.4 is 10.6 Å². The second kappa shape index (κ2) is 6.44. The van der Waals surface area contributed by atoms with Gasteiger partial charge in [0.25, 0.3) is 0 Å². The van der Waals surface area contributed by atoms with Gasteiger partial charge in [0.2, 0.25) is 5.95 Å². The van der Waals surface area contributed by atoms with E-state index in [9.17, 15) is 0 Å². The lowest BCUT2D eigenvalue weighted by molar-refractivity contribution is 0.183. The lowest BCUT2D eigenvalue weighted by atomic mass is 10.3. The molecule has 1 aliphatic rings. The van der Waals surface area contributed by atoms with Gasteiger partial charge >= 0.3 is 0 Å². The van der Waals surface area contributed by atoms with Crippen LogP contribution in [0, 0.1) is 5.92 Å². The molecule has 1 aliphatic carbocycles. The molecule has 0 unspecified atom stereocenters. The summed E-state index contributed by atoms with van der Waals surface area (Å²) in [7, 11) is 1.66. The van der Waals surface area contributed by atoms with E-state index < -0.39 is 0 Å². The van der Waals surface area contributed by atoms with Crippen LogP contribution in [0.15, 0.2) is 18.5 Å². The molecule has 0 atom stereocenters. The van der Waals surface area contributed by atoms with Gasteiger partial charge in [-0.1, -0.05) is 5.21 Å². The van der Waals surface area contributed by atoms with E-state index in [4.69, 9.17) is 4.74 Å². The summed E-state index contributed by atoms with van der Waals surface area (Å²) in [6.45, 7) is 2.18. The quantitative estimate of drug-likeness (QED) is 0.578. The Balaban J connectivity index is 1.53. The molecule has 3 heterocycles. The molecule has 9 nitrogen and oxygen atoms in total. The number of rotatable bonds is 8. The smallest absolute Gasteiger partial charge is 0.232 e. The third-order valence-electron chi connectivity index (χ3n) is 3.97. The van der Waals surface area contributed by atoms with E-state index >= 15 is 0 Å². The van der Waals surface area contributed by atoms with Gasteiger partial charge in [-0.2, -0.15) is 9.97 Å². The van der Waals surface area contributed by atoms with Gasteiger partial charge in [0.1, 0.15) is 11.5 Å². The second-order valence-electron chi connectivity index (χ2n) is 5.94. The van der Waals surface area contributed by atoms with Crippen LogP contribution in [0.4, 0.5) is 17.6 Å². The number of methoxy groups -OCH3 is 1.